The van der Waals surface area contributed by atoms with Crippen molar-refractivity contribution in [3.05, 3.63) is 29.8 Å². The predicted octanol–water partition coefficient (Wildman–Crippen LogP) is 2.58. The van der Waals surface area contributed by atoms with Gasteiger partial charge in [-0.05, 0) is 50.5 Å². The molecule has 1 fully saturated rings. The van der Waals surface area contributed by atoms with E-state index in [4.69, 9.17) is 4.74 Å². The lowest BCUT2D eigenvalue weighted by Crippen LogP contribution is -2.37. The fourth-order valence-electron chi connectivity index (χ4n) is 2.14. The van der Waals surface area contributed by atoms with Crippen molar-refractivity contribution in [2.75, 3.05) is 18.5 Å². The average molecular weight is 276 g/mol. The standard InChI is InChI=1S/C15H20N2O3/c1-11(18)12-5-7-13(8-6-12)17-15(19)16-10-14-4-2-3-9-20-14/h5-8,14H,2-4,9-10H2,1H3,(H2,16,17,19). The molecule has 0 bridgehead atoms. The molecule has 5 nitrogen and oxygen atoms in total. The van der Waals surface area contributed by atoms with Crippen molar-refractivity contribution in [2.24, 2.45) is 0 Å². The minimum atomic E-state index is -0.255. The second-order valence-corrected chi connectivity index (χ2v) is 4.96. The Bertz CT molecular complexity index is 465. The number of ether oxygens (including phenoxy) is 1. The summed E-state index contributed by atoms with van der Waals surface area (Å²) in [7, 11) is 0. The molecule has 1 atom stereocenters. The zero-order valence-corrected chi connectivity index (χ0v) is 11.6. The number of carbonyl (C=O) groups is 2. The number of Topliss-reactive ketones (excluding diaryl/α,β-unsaturated/α-hetero) is 1. The van der Waals surface area contributed by atoms with Gasteiger partial charge in [-0.1, -0.05) is 0 Å². The van der Waals surface area contributed by atoms with Gasteiger partial charge >= 0.3 is 6.03 Å². The SMILES string of the molecule is CC(=O)c1ccc(NC(=O)NCC2CCCCO2)cc1. The normalized spacial score (nSPS) is 18.4. The molecule has 1 aromatic rings. The first-order chi connectivity index (χ1) is 9.65. The van der Waals surface area contributed by atoms with Crippen LogP contribution in [0.25, 0.3) is 0 Å². The zero-order chi connectivity index (χ0) is 14.4. The number of rotatable bonds is 4. The van der Waals surface area contributed by atoms with Gasteiger partial charge in [-0.15, -0.1) is 0 Å². The number of hydrogen-bond donors (Lipinski definition) is 2. The van der Waals surface area contributed by atoms with Gasteiger partial charge in [0.2, 0.25) is 0 Å². The summed E-state index contributed by atoms with van der Waals surface area (Å²) in [5.74, 6) is 0.00967. The molecule has 1 saturated heterocycles. The minimum absolute atomic E-state index is 0.00967. The molecule has 2 rings (SSSR count). The third-order valence-corrected chi connectivity index (χ3v) is 3.31. The molecule has 1 heterocycles. The van der Waals surface area contributed by atoms with E-state index in [-0.39, 0.29) is 17.9 Å². The van der Waals surface area contributed by atoms with Crippen LogP contribution in [0.3, 0.4) is 0 Å². The summed E-state index contributed by atoms with van der Waals surface area (Å²) in [6, 6.07) is 6.57. The highest BCUT2D eigenvalue weighted by Crippen LogP contribution is 2.12. The summed E-state index contributed by atoms with van der Waals surface area (Å²) in [6.07, 6.45) is 3.37. The van der Waals surface area contributed by atoms with Crippen molar-refractivity contribution in [3.63, 3.8) is 0 Å². The van der Waals surface area contributed by atoms with E-state index in [1.807, 2.05) is 0 Å². The van der Waals surface area contributed by atoms with Gasteiger partial charge in [-0.2, -0.15) is 0 Å². The summed E-state index contributed by atoms with van der Waals surface area (Å²) >= 11 is 0. The van der Waals surface area contributed by atoms with E-state index in [9.17, 15) is 9.59 Å². The van der Waals surface area contributed by atoms with Gasteiger partial charge in [0.25, 0.3) is 0 Å². The van der Waals surface area contributed by atoms with E-state index in [0.717, 1.165) is 25.9 Å². The molecule has 108 valence electrons. The predicted molar refractivity (Wildman–Crippen MR) is 77.1 cm³/mol. The molecule has 0 spiro atoms. The lowest BCUT2D eigenvalue weighted by atomic mass is 10.1. The second kappa shape index (κ2) is 7.05. The summed E-state index contributed by atoms with van der Waals surface area (Å²) in [4.78, 5) is 22.9. The second-order valence-electron chi connectivity index (χ2n) is 4.96. The number of benzene rings is 1. The lowest BCUT2D eigenvalue weighted by Gasteiger charge is -2.22. The summed E-state index contributed by atoms with van der Waals surface area (Å²) < 4.78 is 5.54. The van der Waals surface area contributed by atoms with Gasteiger partial charge in [0.15, 0.2) is 5.78 Å². The van der Waals surface area contributed by atoms with E-state index in [0.29, 0.717) is 17.8 Å². The molecule has 1 aromatic carbocycles. The highest BCUT2D eigenvalue weighted by molar-refractivity contribution is 5.95. The smallest absolute Gasteiger partial charge is 0.319 e. The van der Waals surface area contributed by atoms with E-state index in [1.54, 1.807) is 24.3 Å². The molecule has 5 heteroatoms. The van der Waals surface area contributed by atoms with Crippen LogP contribution in [0.4, 0.5) is 10.5 Å². The largest absolute Gasteiger partial charge is 0.376 e. The third kappa shape index (κ3) is 4.35. The van der Waals surface area contributed by atoms with Crippen molar-refractivity contribution in [1.82, 2.24) is 5.32 Å². The molecular weight excluding hydrogens is 256 g/mol. The monoisotopic (exact) mass is 276 g/mol. The van der Waals surface area contributed by atoms with E-state index >= 15 is 0 Å². The Morgan fingerprint density at radius 2 is 2.00 bits per heavy atom. The Morgan fingerprint density at radius 1 is 1.25 bits per heavy atom. The number of urea groups is 1. The Balaban J connectivity index is 1.77. The first kappa shape index (κ1) is 14.5. The molecule has 2 N–H and O–H groups in total. The van der Waals surface area contributed by atoms with Crippen LogP contribution >= 0.6 is 0 Å². The maximum absolute atomic E-state index is 11.7. The topological polar surface area (TPSA) is 67.4 Å². The van der Waals surface area contributed by atoms with Crippen LogP contribution in [-0.2, 0) is 4.74 Å². The highest BCUT2D eigenvalue weighted by atomic mass is 16.5. The molecule has 0 radical (unpaired) electrons. The first-order valence-electron chi connectivity index (χ1n) is 6.92. The van der Waals surface area contributed by atoms with Crippen molar-refractivity contribution in [1.29, 1.82) is 0 Å². The lowest BCUT2D eigenvalue weighted by molar-refractivity contribution is 0.0187. The van der Waals surface area contributed by atoms with Crippen LogP contribution in [0.15, 0.2) is 24.3 Å². The molecule has 0 aromatic heterocycles. The van der Waals surface area contributed by atoms with Crippen molar-refractivity contribution >= 4 is 17.5 Å². The van der Waals surface area contributed by atoms with Crippen LogP contribution in [-0.4, -0.2) is 31.1 Å². The molecule has 2 amide bonds. The van der Waals surface area contributed by atoms with Crippen molar-refractivity contribution in [2.45, 2.75) is 32.3 Å². The number of anilines is 1. The van der Waals surface area contributed by atoms with Crippen LogP contribution < -0.4 is 10.6 Å². The van der Waals surface area contributed by atoms with Gasteiger partial charge in [0, 0.05) is 24.4 Å². The number of nitrogens with one attached hydrogen (secondary N) is 2. The minimum Gasteiger partial charge on any atom is -0.376 e. The molecule has 1 aliphatic heterocycles. The van der Waals surface area contributed by atoms with Crippen molar-refractivity contribution < 1.29 is 14.3 Å². The molecule has 0 saturated carbocycles. The quantitative estimate of drug-likeness (QED) is 0.831. The molecule has 0 aliphatic carbocycles. The zero-order valence-electron chi connectivity index (χ0n) is 11.6. The van der Waals surface area contributed by atoms with E-state index in [1.165, 1.54) is 6.92 Å². The van der Waals surface area contributed by atoms with Gasteiger partial charge in [0.05, 0.1) is 6.10 Å². The number of carbonyl (C=O) groups excluding carboxylic acids is 2. The Hall–Kier alpha value is -1.88. The maximum Gasteiger partial charge on any atom is 0.319 e. The Morgan fingerprint density at radius 3 is 2.60 bits per heavy atom. The third-order valence-electron chi connectivity index (χ3n) is 3.31. The Kier molecular flexibility index (Phi) is 5.12. The van der Waals surface area contributed by atoms with Gasteiger partial charge in [-0.25, -0.2) is 4.79 Å². The summed E-state index contributed by atoms with van der Waals surface area (Å²) in [6.45, 7) is 2.82. The Labute approximate surface area is 118 Å². The maximum atomic E-state index is 11.7. The summed E-state index contributed by atoms with van der Waals surface area (Å²) in [5.41, 5.74) is 1.30. The molecular formula is C15H20N2O3. The first-order valence-corrected chi connectivity index (χ1v) is 6.92. The van der Waals surface area contributed by atoms with Crippen LogP contribution in [0.5, 0.6) is 0 Å². The fraction of sp³-hybridized carbons (Fsp3) is 0.467. The van der Waals surface area contributed by atoms with Gasteiger partial charge in [-0.3, -0.25) is 4.79 Å². The van der Waals surface area contributed by atoms with Gasteiger partial charge < -0.3 is 15.4 Å². The van der Waals surface area contributed by atoms with Crippen LogP contribution in [0, 0.1) is 0 Å². The number of hydrogen-bond acceptors (Lipinski definition) is 3. The van der Waals surface area contributed by atoms with Gasteiger partial charge in [0.1, 0.15) is 0 Å². The molecule has 1 unspecified atom stereocenters. The van der Waals surface area contributed by atoms with Crippen molar-refractivity contribution in [3.8, 4) is 0 Å². The molecule has 20 heavy (non-hydrogen) atoms. The van der Waals surface area contributed by atoms with Crippen LogP contribution in [0.1, 0.15) is 36.5 Å². The summed E-state index contributed by atoms with van der Waals surface area (Å²) in [5, 5.41) is 5.53. The number of ketones is 1. The van der Waals surface area contributed by atoms with E-state index < -0.39 is 0 Å². The van der Waals surface area contributed by atoms with Crippen LogP contribution in [0.2, 0.25) is 0 Å². The fourth-order valence-corrected chi connectivity index (χ4v) is 2.14. The van der Waals surface area contributed by atoms with E-state index in [2.05, 4.69) is 10.6 Å². The molecule has 1 aliphatic rings. The highest BCUT2D eigenvalue weighted by Gasteiger charge is 2.14. The number of amides is 2. The average Bonchev–Trinajstić information content (AvgIpc) is 2.47.